The predicted molar refractivity (Wildman–Crippen MR) is 121 cm³/mol. The third-order valence-electron chi connectivity index (χ3n) is 6.44. The molecule has 2 aliphatic rings. The lowest BCUT2D eigenvalue weighted by atomic mass is 9.82. The summed E-state index contributed by atoms with van der Waals surface area (Å²) < 4.78 is 0. The number of carbonyl (C=O) groups excluding carboxylic acids is 2. The summed E-state index contributed by atoms with van der Waals surface area (Å²) in [7, 11) is 0. The number of hydrogen-bond acceptors (Lipinski definition) is 3. The fourth-order valence-electron chi connectivity index (χ4n) is 4.48. The topological polar surface area (TPSA) is 69.6 Å². The molecule has 164 valence electrons. The molecule has 0 aliphatic carbocycles. The molecule has 0 bridgehead atoms. The zero-order valence-corrected chi connectivity index (χ0v) is 18.8. The van der Waals surface area contributed by atoms with Gasteiger partial charge >= 0.3 is 0 Å². The number of hydrogen-bond donors (Lipinski definition) is 2. The number of halogens is 1. The van der Waals surface area contributed by atoms with Crippen LogP contribution >= 0.6 is 11.6 Å². The molecule has 4 rings (SSSR count). The van der Waals surface area contributed by atoms with Gasteiger partial charge in [0.05, 0.1) is 10.9 Å². The van der Waals surface area contributed by atoms with Gasteiger partial charge in [-0.05, 0) is 41.4 Å². The van der Waals surface area contributed by atoms with Gasteiger partial charge in [0.15, 0.2) is 0 Å². The molecule has 2 unspecified atom stereocenters. The molecule has 31 heavy (non-hydrogen) atoms. The maximum absolute atomic E-state index is 12.4. The molecule has 0 saturated carbocycles. The minimum atomic E-state index is -0.781. The smallest absolute Gasteiger partial charge is 0.229 e. The normalized spacial score (nSPS) is 23.5. The second-order valence-corrected chi connectivity index (χ2v) is 9.84. The molecule has 2 aliphatic heterocycles. The number of nitrogens with zero attached hydrogens (tertiary/aromatic N) is 1. The van der Waals surface area contributed by atoms with Gasteiger partial charge in [-0.3, -0.25) is 9.59 Å². The largest absolute Gasteiger partial charge is 0.374 e. The van der Waals surface area contributed by atoms with E-state index < -0.39 is 6.23 Å². The Balaban J connectivity index is 1.51. The first-order chi connectivity index (χ1) is 14.7. The molecule has 2 atom stereocenters. The van der Waals surface area contributed by atoms with Crippen LogP contribution in [-0.4, -0.2) is 34.6 Å². The van der Waals surface area contributed by atoms with Gasteiger partial charge < -0.3 is 15.3 Å². The SMILES string of the molecule is CC1(C)CCN(Cc2ccc(-c3cccc(C4CCC(O)NC4=O)c3Cl)cc2)C(=O)C1. The first-order valence-corrected chi connectivity index (χ1v) is 11.3. The van der Waals surface area contributed by atoms with Crippen LogP contribution in [0, 0.1) is 5.41 Å². The van der Waals surface area contributed by atoms with Crippen LogP contribution in [0.4, 0.5) is 0 Å². The van der Waals surface area contributed by atoms with Crippen molar-refractivity contribution < 1.29 is 14.7 Å². The van der Waals surface area contributed by atoms with Crippen LogP contribution < -0.4 is 5.32 Å². The Kier molecular flexibility index (Phi) is 6.09. The Labute approximate surface area is 188 Å². The van der Waals surface area contributed by atoms with Gasteiger partial charge in [-0.1, -0.05) is 67.9 Å². The first-order valence-electron chi connectivity index (χ1n) is 10.9. The van der Waals surface area contributed by atoms with E-state index in [1.165, 1.54) is 0 Å². The van der Waals surface area contributed by atoms with E-state index in [1.807, 2.05) is 47.4 Å². The lowest BCUT2D eigenvalue weighted by Crippen LogP contribution is -2.42. The molecule has 2 aromatic rings. The summed E-state index contributed by atoms with van der Waals surface area (Å²) in [6.45, 7) is 5.70. The zero-order chi connectivity index (χ0) is 22.2. The zero-order valence-electron chi connectivity index (χ0n) is 18.0. The summed E-state index contributed by atoms with van der Waals surface area (Å²) in [6, 6.07) is 13.9. The number of benzene rings is 2. The molecule has 0 aromatic heterocycles. The highest BCUT2D eigenvalue weighted by molar-refractivity contribution is 6.34. The number of amides is 2. The van der Waals surface area contributed by atoms with Crippen molar-refractivity contribution >= 4 is 23.4 Å². The van der Waals surface area contributed by atoms with E-state index in [0.29, 0.717) is 30.8 Å². The van der Waals surface area contributed by atoms with E-state index in [0.717, 1.165) is 35.2 Å². The van der Waals surface area contributed by atoms with Gasteiger partial charge in [0.1, 0.15) is 6.23 Å². The highest BCUT2D eigenvalue weighted by Crippen LogP contribution is 2.37. The van der Waals surface area contributed by atoms with Crippen LogP contribution in [0.2, 0.25) is 5.02 Å². The van der Waals surface area contributed by atoms with Crippen molar-refractivity contribution in [2.75, 3.05) is 6.54 Å². The number of carbonyl (C=O) groups is 2. The third kappa shape index (κ3) is 4.78. The summed E-state index contributed by atoms with van der Waals surface area (Å²) in [4.78, 5) is 26.7. The summed E-state index contributed by atoms with van der Waals surface area (Å²) in [5.74, 6) is -0.334. The average Bonchev–Trinajstić information content (AvgIpc) is 2.71. The van der Waals surface area contributed by atoms with E-state index in [-0.39, 0.29) is 23.1 Å². The van der Waals surface area contributed by atoms with E-state index >= 15 is 0 Å². The van der Waals surface area contributed by atoms with Crippen molar-refractivity contribution in [1.82, 2.24) is 10.2 Å². The second-order valence-electron chi connectivity index (χ2n) is 9.47. The lowest BCUT2D eigenvalue weighted by molar-refractivity contribution is -0.137. The first kappa shape index (κ1) is 21.8. The highest BCUT2D eigenvalue weighted by atomic mass is 35.5. The molecule has 5 nitrogen and oxygen atoms in total. The molecule has 0 spiro atoms. The van der Waals surface area contributed by atoms with Crippen LogP contribution in [0.25, 0.3) is 11.1 Å². The Hall–Kier alpha value is -2.37. The Morgan fingerprint density at radius 2 is 1.87 bits per heavy atom. The van der Waals surface area contributed by atoms with Gasteiger partial charge in [0, 0.05) is 25.1 Å². The third-order valence-corrected chi connectivity index (χ3v) is 6.86. The van der Waals surface area contributed by atoms with Gasteiger partial charge in [-0.25, -0.2) is 0 Å². The van der Waals surface area contributed by atoms with Crippen LogP contribution in [0.3, 0.4) is 0 Å². The minimum absolute atomic E-state index is 0.0898. The number of piperidine rings is 2. The van der Waals surface area contributed by atoms with Crippen molar-refractivity contribution in [2.45, 2.75) is 58.2 Å². The molecule has 0 radical (unpaired) electrons. The molecule has 2 amide bonds. The van der Waals surface area contributed by atoms with Gasteiger partial charge in [-0.15, -0.1) is 0 Å². The number of nitrogens with one attached hydrogen (secondary N) is 1. The second kappa shape index (κ2) is 8.64. The molecular weight excluding hydrogens is 412 g/mol. The summed E-state index contributed by atoms with van der Waals surface area (Å²) >= 11 is 6.72. The monoisotopic (exact) mass is 440 g/mol. The fourth-order valence-corrected chi connectivity index (χ4v) is 4.85. The quantitative estimate of drug-likeness (QED) is 0.737. The van der Waals surface area contributed by atoms with E-state index in [2.05, 4.69) is 19.2 Å². The van der Waals surface area contributed by atoms with Crippen molar-refractivity contribution in [2.24, 2.45) is 5.41 Å². The van der Waals surface area contributed by atoms with Crippen LogP contribution in [0.1, 0.15) is 56.6 Å². The van der Waals surface area contributed by atoms with Crippen LogP contribution in [-0.2, 0) is 16.1 Å². The standard InChI is InChI=1S/C25H29ClN2O3/c1-25(2)12-13-28(22(30)14-25)15-16-6-8-17(9-7-16)18-4-3-5-19(23(18)26)20-10-11-21(29)27-24(20)31/h3-9,20-21,29H,10-15H2,1-2H3,(H,27,31). The van der Waals surface area contributed by atoms with Crippen molar-refractivity contribution in [1.29, 1.82) is 0 Å². The highest BCUT2D eigenvalue weighted by Gasteiger charge is 2.32. The van der Waals surface area contributed by atoms with Crippen LogP contribution in [0.5, 0.6) is 0 Å². The fraction of sp³-hybridized carbons (Fsp3) is 0.440. The molecule has 2 fully saturated rings. The molecule has 2 heterocycles. The Morgan fingerprint density at radius 3 is 2.55 bits per heavy atom. The van der Waals surface area contributed by atoms with Gasteiger partial charge in [0.25, 0.3) is 0 Å². The summed E-state index contributed by atoms with van der Waals surface area (Å²) in [5, 5.41) is 12.8. The molecular formula is C25H29ClN2O3. The van der Waals surface area contributed by atoms with E-state index in [4.69, 9.17) is 11.6 Å². The van der Waals surface area contributed by atoms with Crippen molar-refractivity contribution in [3.8, 4) is 11.1 Å². The summed E-state index contributed by atoms with van der Waals surface area (Å²) in [6.07, 6.45) is 1.91. The molecule has 6 heteroatoms. The van der Waals surface area contributed by atoms with Gasteiger partial charge in [0.2, 0.25) is 11.8 Å². The Morgan fingerprint density at radius 1 is 1.13 bits per heavy atom. The predicted octanol–water partition coefficient (Wildman–Crippen LogP) is 4.47. The average molecular weight is 441 g/mol. The number of aliphatic hydroxyl groups excluding tert-OH is 1. The maximum atomic E-state index is 12.4. The molecule has 2 aromatic carbocycles. The van der Waals surface area contributed by atoms with E-state index in [9.17, 15) is 14.7 Å². The number of likely N-dealkylation sites (tertiary alicyclic amines) is 1. The number of aliphatic hydroxyl groups is 1. The van der Waals surface area contributed by atoms with E-state index in [1.54, 1.807) is 0 Å². The summed E-state index contributed by atoms with van der Waals surface area (Å²) in [5.41, 5.74) is 3.81. The molecule has 2 saturated heterocycles. The van der Waals surface area contributed by atoms with Crippen LogP contribution in [0.15, 0.2) is 42.5 Å². The lowest BCUT2D eigenvalue weighted by Gasteiger charge is -2.36. The minimum Gasteiger partial charge on any atom is -0.374 e. The maximum Gasteiger partial charge on any atom is 0.229 e. The number of rotatable bonds is 4. The van der Waals surface area contributed by atoms with Crippen molar-refractivity contribution in [3.05, 3.63) is 58.6 Å². The molecule has 2 N–H and O–H groups in total. The Bertz CT molecular complexity index is 987. The van der Waals surface area contributed by atoms with Crippen molar-refractivity contribution in [3.63, 3.8) is 0 Å². The van der Waals surface area contributed by atoms with Gasteiger partial charge in [-0.2, -0.15) is 0 Å².